The molecule has 1 fully saturated rings. The number of hydrogen-bond acceptors (Lipinski definition) is 3. The molecule has 0 N–H and O–H groups in total. The lowest BCUT2D eigenvalue weighted by Gasteiger charge is -2.41. The van der Waals surface area contributed by atoms with Crippen molar-refractivity contribution >= 4 is 5.91 Å². The first-order valence-corrected chi connectivity index (χ1v) is 8.51. The molecule has 0 saturated carbocycles. The number of para-hydroxylation sites is 1. The van der Waals surface area contributed by atoms with Gasteiger partial charge in [-0.3, -0.25) is 4.79 Å². The quantitative estimate of drug-likeness (QED) is 0.856. The highest BCUT2D eigenvalue weighted by Gasteiger charge is 2.33. The smallest absolute Gasteiger partial charge is 0.263 e. The molecule has 4 nitrogen and oxygen atoms in total. The topological polar surface area (TPSA) is 32.8 Å². The number of amides is 1. The minimum absolute atomic E-state index is 0.0286. The van der Waals surface area contributed by atoms with E-state index in [1.54, 1.807) is 19.1 Å². The van der Waals surface area contributed by atoms with Crippen molar-refractivity contribution in [3.8, 4) is 5.75 Å². The van der Waals surface area contributed by atoms with E-state index in [0.29, 0.717) is 6.54 Å². The first-order chi connectivity index (χ1) is 12.1. The Bertz CT molecular complexity index is 723. The van der Waals surface area contributed by atoms with E-state index in [4.69, 9.17) is 4.74 Å². The summed E-state index contributed by atoms with van der Waals surface area (Å²) in [6.45, 7) is 3.87. The van der Waals surface area contributed by atoms with Crippen LogP contribution in [0.4, 0.5) is 4.39 Å². The molecule has 2 aromatic rings. The number of likely N-dealkylation sites (N-methyl/N-ethyl adjacent to an activating group) is 1. The van der Waals surface area contributed by atoms with Gasteiger partial charge in [0.15, 0.2) is 17.7 Å². The summed E-state index contributed by atoms with van der Waals surface area (Å²) >= 11 is 0. The van der Waals surface area contributed by atoms with Crippen LogP contribution in [0.3, 0.4) is 0 Å². The fourth-order valence-corrected chi connectivity index (χ4v) is 3.16. The van der Waals surface area contributed by atoms with E-state index in [9.17, 15) is 9.18 Å². The maximum atomic E-state index is 13.8. The lowest BCUT2D eigenvalue weighted by molar-refractivity contribution is -0.143. The third-order valence-corrected chi connectivity index (χ3v) is 4.54. The van der Waals surface area contributed by atoms with Crippen LogP contribution in [0.2, 0.25) is 0 Å². The lowest BCUT2D eigenvalue weighted by Crippen LogP contribution is -2.52. The van der Waals surface area contributed by atoms with Crippen LogP contribution < -0.4 is 4.74 Å². The van der Waals surface area contributed by atoms with Gasteiger partial charge in [0.25, 0.3) is 5.91 Å². The van der Waals surface area contributed by atoms with Crippen LogP contribution in [0.1, 0.15) is 18.5 Å². The SMILES string of the molecule is CC(Oc1ccccc1F)C(=O)N1CCN(C)CC1c1ccccc1. The zero-order valence-corrected chi connectivity index (χ0v) is 14.6. The second-order valence-corrected chi connectivity index (χ2v) is 6.41. The van der Waals surface area contributed by atoms with Crippen LogP contribution in [-0.2, 0) is 4.79 Å². The van der Waals surface area contributed by atoms with E-state index in [2.05, 4.69) is 11.9 Å². The number of nitrogens with zero attached hydrogens (tertiary/aromatic N) is 2. The molecule has 2 atom stereocenters. The average Bonchev–Trinajstić information content (AvgIpc) is 2.63. The molecule has 0 aliphatic carbocycles. The highest BCUT2D eigenvalue weighted by molar-refractivity contribution is 5.81. The Balaban J connectivity index is 1.77. The minimum Gasteiger partial charge on any atom is -0.478 e. The summed E-state index contributed by atoms with van der Waals surface area (Å²) in [5.74, 6) is -0.473. The largest absolute Gasteiger partial charge is 0.478 e. The van der Waals surface area contributed by atoms with Gasteiger partial charge in [0.1, 0.15) is 0 Å². The van der Waals surface area contributed by atoms with E-state index >= 15 is 0 Å². The van der Waals surface area contributed by atoms with Gasteiger partial charge in [-0.15, -0.1) is 0 Å². The summed E-state index contributed by atoms with van der Waals surface area (Å²) in [6.07, 6.45) is -0.744. The van der Waals surface area contributed by atoms with E-state index in [-0.39, 0.29) is 17.7 Å². The molecule has 0 radical (unpaired) electrons. The standard InChI is InChI=1S/C20H23FN2O2/c1-15(25-19-11-7-6-10-17(19)21)20(24)23-13-12-22(2)14-18(23)16-8-4-3-5-9-16/h3-11,15,18H,12-14H2,1-2H3. The van der Waals surface area contributed by atoms with Crippen molar-refractivity contribution < 1.29 is 13.9 Å². The Kier molecular flexibility index (Phi) is 5.34. The van der Waals surface area contributed by atoms with E-state index in [1.165, 1.54) is 12.1 Å². The van der Waals surface area contributed by atoms with Gasteiger partial charge in [0.05, 0.1) is 6.04 Å². The number of halogens is 1. The van der Waals surface area contributed by atoms with E-state index < -0.39 is 11.9 Å². The third-order valence-electron chi connectivity index (χ3n) is 4.54. The highest BCUT2D eigenvalue weighted by atomic mass is 19.1. The number of ether oxygens (including phenoxy) is 1. The normalized spacial score (nSPS) is 19.5. The highest BCUT2D eigenvalue weighted by Crippen LogP contribution is 2.26. The molecule has 1 saturated heterocycles. The van der Waals surface area contributed by atoms with E-state index in [0.717, 1.165) is 18.7 Å². The zero-order valence-electron chi connectivity index (χ0n) is 14.6. The number of carbonyl (C=O) groups excluding carboxylic acids is 1. The Morgan fingerprint density at radius 1 is 1.12 bits per heavy atom. The van der Waals surface area contributed by atoms with Crippen molar-refractivity contribution in [2.24, 2.45) is 0 Å². The van der Waals surface area contributed by atoms with Crippen LogP contribution in [0, 0.1) is 5.82 Å². The van der Waals surface area contributed by atoms with Gasteiger partial charge in [-0.05, 0) is 31.7 Å². The Morgan fingerprint density at radius 3 is 2.52 bits per heavy atom. The molecule has 1 amide bonds. The van der Waals surface area contributed by atoms with Crippen molar-refractivity contribution in [1.29, 1.82) is 0 Å². The molecule has 2 unspecified atom stereocenters. The van der Waals surface area contributed by atoms with Gasteiger partial charge in [0, 0.05) is 19.6 Å². The van der Waals surface area contributed by atoms with Crippen LogP contribution in [-0.4, -0.2) is 48.5 Å². The molecule has 2 aromatic carbocycles. The molecule has 132 valence electrons. The summed E-state index contributed by atoms with van der Waals surface area (Å²) in [4.78, 5) is 17.0. The first kappa shape index (κ1) is 17.4. The minimum atomic E-state index is -0.744. The van der Waals surface area contributed by atoms with E-state index in [1.807, 2.05) is 35.2 Å². The number of benzene rings is 2. The number of carbonyl (C=O) groups is 1. The second-order valence-electron chi connectivity index (χ2n) is 6.41. The summed E-state index contributed by atoms with van der Waals surface area (Å²) in [7, 11) is 2.05. The fraction of sp³-hybridized carbons (Fsp3) is 0.350. The van der Waals surface area contributed by atoms with Crippen LogP contribution in [0.15, 0.2) is 54.6 Å². The zero-order chi connectivity index (χ0) is 17.8. The summed E-state index contributed by atoms with van der Waals surface area (Å²) < 4.78 is 19.4. The predicted octanol–water partition coefficient (Wildman–Crippen LogP) is 3.11. The van der Waals surface area contributed by atoms with Gasteiger partial charge in [-0.25, -0.2) is 4.39 Å². The Morgan fingerprint density at radius 2 is 1.80 bits per heavy atom. The molecule has 5 heteroatoms. The maximum Gasteiger partial charge on any atom is 0.263 e. The average molecular weight is 342 g/mol. The summed E-state index contributed by atoms with van der Waals surface area (Å²) in [5.41, 5.74) is 1.10. The molecular weight excluding hydrogens is 319 g/mol. The van der Waals surface area contributed by atoms with Crippen LogP contribution >= 0.6 is 0 Å². The van der Waals surface area contributed by atoms with Crippen molar-refractivity contribution in [2.45, 2.75) is 19.1 Å². The van der Waals surface area contributed by atoms with Crippen LogP contribution in [0.5, 0.6) is 5.75 Å². The Hall–Kier alpha value is -2.40. The number of piperazine rings is 1. The Labute approximate surface area is 147 Å². The molecule has 25 heavy (non-hydrogen) atoms. The second kappa shape index (κ2) is 7.66. The molecular formula is C20H23FN2O2. The molecule has 1 aliphatic heterocycles. The monoisotopic (exact) mass is 342 g/mol. The van der Waals surface area contributed by atoms with Crippen molar-refractivity contribution in [3.63, 3.8) is 0 Å². The molecule has 0 bridgehead atoms. The molecule has 0 spiro atoms. The number of hydrogen-bond donors (Lipinski definition) is 0. The van der Waals surface area contributed by atoms with Crippen molar-refractivity contribution in [3.05, 3.63) is 66.0 Å². The van der Waals surface area contributed by atoms with Gasteiger partial charge in [-0.1, -0.05) is 42.5 Å². The van der Waals surface area contributed by atoms with Crippen molar-refractivity contribution in [1.82, 2.24) is 9.80 Å². The van der Waals surface area contributed by atoms with Gasteiger partial charge in [-0.2, -0.15) is 0 Å². The van der Waals surface area contributed by atoms with Crippen molar-refractivity contribution in [2.75, 3.05) is 26.7 Å². The van der Waals surface area contributed by atoms with Crippen LogP contribution in [0.25, 0.3) is 0 Å². The first-order valence-electron chi connectivity index (χ1n) is 8.51. The summed E-state index contributed by atoms with van der Waals surface area (Å²) in [6, 6.07) is 16.1. The maximum absolute atomic E-state index is 13.8. The lowest BCUT2D eigenvalue weighted by atomic mass is 10.0. The summed E-state index contributed by atoms with van der Waals surface area (Å²) in [5, 5.41) is 0. The molecule has 1 aliphatic rings. The van der Waals surface area contributed by atoms with Gasteiger partial charge >= 0.3 is 0 Å². The predicted molar refractivity (Wildman–Crippen MR) is 94.9 cm³/mol. The molecule has 1 heterocycles. The van der Waals surface area contributed by atoms with Gasteiger partial charge < -0.3 is 14.5 Å². The third kappa shape index (κ3) is 3.99. The molecule has 3 rings (SSSR count). The molecule has 0 aromatic heterocycles. The van der Waals surface area contributed by atoms with Gasteiger partial charge in [0.2, 0.25) is 0 Å². The number of rotatable bonds is 4. The fourth-order valence-electron chi connectivity index (χ4n) is 3.16.